The topological polar surface area (TPSA) is 33.4 Å². The largest absolute Gasteiger partial charge is 0.458 e. The van der Waals surface area contributed by atoms with Gasteiger partial charge in [0.25, 0.3) is 0 Å². The van der Waals surface area contributed by atoms with Crippen LogP contribution < -0.4 is 0 Å². The lowest BCUT2D eigenvalue weighted by Crippen LogP contribution is -1.99. The normalized spacial score (nSPS) is 12.7. The maximum atomic E-state index is 10.4. The number of rotatable bonds is 4. The number of aliphatic hydroxyl groups is 1. The van der Waals surface area contributed by atoms with Crippen LogP contribution in [0.4, 0.5) is 0 Å². The number of para-hydroxylation sites is 1. The van der Waals surface area contributed by atoms with Crippen molar-refractivity contribution in [2.75, 3.05) is 0 Å². The molecule has 2 nitrogen and oxygen atoms in total. The fourth-order valence-electron chi connectivity index (χ4n) is 2.72. The zero-order valence-corrected chi connectivity index (χ0v) is 12.5. The van der Waals surface area contributed by atoms with Crippen LogP contribution in [0.5, 0.6) is 0 Å². The SMILES string of the molecule is Cc1ccccc1CCC(O)c1cc2cccc(C)c2o1. The van der Waals surface area contributed by atoms with Gasteiger partial charge in [-0.25, -0.2) is 0 Å². The van der Waals surface area contributed by atoms with Gasteiger partial charge in [-0.2, -0.15) is 0 Å². The van der Waals surface area contributed by atoms with E-state index in [1.165, 1.54) is 11.1 Å². The number of aryl methyl sites for hydroxylation is 3. The molecule has 0 aliphatic carbocycles. The molecule has 21 heavy (non-hydrogen) atoms. The second-order valence-electron chi connectivity index (χ2n) is 5.62. The Morgan fingerprint density at radius 3 is 2.52 bits per heavy atom. The van der Waals surface area contributed by atoms with Crippen molar-refractivity contribution in [3.8, 4) is 0 Å². The van der Waals surface area contributed by atoms with Crippen molar-refractivity contribution < 1.29 is 9.52 Å². The summed E-state index contributed by atoms with van der Waals surface area (Å²) in [6.45, 7) is 4.13. The average Bonchev–Trinajstić information content (AvgIpc) is 2.92. The van der Waals surface area contributed by atoms with Gasteiger partial charge in [0.05, 0.1) is 0 Å². The fraction of sp³-hybridized carbons (Fsp3) is 0.263. The van der Waals surface area contributed by atoms with Crippen molar-refractivity contribution in [1.82, 2.24) is 0 Å². The summed E-state index contributed by atoms with van der Waals surface area (Å²) in [4.78, 5) is 0. The van der Waals surface area contributed by atoms with Gasteiger partial charge < -0.3 is 9.52 Å². The van der Waals surface area contributed by atoms with Gasteiger partial charge in [0.1, 0.15) is 17.4 Å². The lowest BCUT2D eigenvalue weighted by Gasteiger charge is -2.09. The highest BCUT2D eigenvalue weighted by molar-refractivity contribution is 5.80. The summed E-state index contributed by atoms with van der Waals surface area (Å²) in [5, 5.41) is 11.4. The molecule has 0 aliphatic heterocycles. The molecular weight excluding hydrogens is 260 g/mol. The summed E-state index contributed by atoms with van der Waals surface area (Å²) >= 11 is 0. The first-order valence-electron chi connectivity index (χ1n) is 7.37. The van der Waals surface area contributed by atoms with Gasteiger partial charge in [-0.15, -0.1) is 0 Å². The summed E-state index contributed by atoms with van der Waals surface area (Å²) < 4.78 is 5.83. The molecule has 2 heteroatoms. The average molecular weight is 280 g/mol. The Kier molecular flexibility index (Phi) is 3.80. The number of hydrogen-bond acceptors (Lipinski definition) is 2. The summed E-state index contributed by atoms with van der Waals surface area (Å²) in [5.74, 6) is 0.660. The summed E-state index contributed by atoms with van der Waals surface area (Å²) in [5.41, 5.74) is 4.53. The van der Waals surface area contributed by atoms with Crippen LogP contribution in [-0.2, 0) is 6.42 Å². The molecule has 3 rings (SSSR count). The maximum absolute atomic E-state index is 10.4. The molecule has 2 aromatic carbocycles. The Morgan fingerprint density at radius 2 is 1.76 bits per heavy atom. The third-order valence-corrected chi connectivity index (χ3v) is 4.04. The quantitative estimate of drug-likeness (QED) is 0.750. The van der Waals surface area contributed by atoms with Crippen LogP contribution in [-0.4, -0.2) is 5.11 Å². The molecule has 0 radical (unpaired) electrons. The molecule has 1 atom stereocenters. The molecule has 1 unspecified atom stereocenters. The van der Waals surface area contributed by atoms with Crippen LogP contribution in [0.25, 0.3) is 11.0 Å². The third kappa shape index (κ3) is 2.86. The van der Waals surface area contributed by atoms with E-state index in [1.807, 2.05) is 43.3 Å². The van der Waals surface area contributed by atoms with Crippen molar-refractivity contribution >= 4 is 11.0 Å². The van der Waals surface area contributed by atoms with Gasteiger partial charge in [-0.1, -0.05) is 42.5 Å². The number of benzene rings is 2. The van der Waals surface area contributed by atoms with Crippen LogP contribution in [0.15, 0.2) is 52.9 Å². The molecule has 0 bridgehead atoms. The number of fused-ring (bicyclic) bond motifs is 1. The lowest BCUT2D eigenvalue weighted by atomic mass is 10.0. The molecule has 1 aromatic heterocycles. The van der Waals surface area contributed by atoms with E-state index in [1.54, 1.807) is 0 Å². The number of aliphatic hydroxyl groups excluding tert-OH is 1. The minimum Gasteiger partial charge on any atom is -0.458 e. The molecular formula is C19H20O2. The highest BCUT2D eigenvalue weighted by atomic mass is 16.4. The molecule has 0 amide bonds. The van der Waals surface area contributed by atoms with E-state index in [4.69, 9.17) is 4.42 Å². The minimum atomic E-state index is -0.559. The van der Waals surface area contributed by atoms with E-state index in [-0.39, 0.29) is 0 Å². The van der Waals surface area contributed by atoms with Gasteiger partial charge in [0, 0.05) is 5.39 Å². The molecule has 108 valence electrons. The van der Waals surface area contributed by atoms with E-state index in [2.05, 4.69) is 19.1 Å². The van der Waals surface area contributed by atoms with Crippen LogP contribution >= 0.6 is 0 Å². The zero-order valence-electron chi connectivity index (χ0n) is 12.5. The van der Waals surface area contributed by atoms with Gasteiger partial charge in [0.2, 0.25) is 0 Å². The molecule has 1 N–H and O–H groups in total. The highest BCUT2D eigenvalue weighted by Gasteiger charge is 2.14. The summed E-state index contributed by atoms with van der Waals surface area (Å²) in [6, 6.07) is 16.3. The van der Waals surface area contributed by atoms with Crippen LogP contribution in [0, 0.1) is 13.8 Å². The molecule has 0 saturated carbocycles. The van der Waals surface area contributed by atoms with Gasteiger partial charge >= 0.3 is 0 Å². The smallest absolute Gasteiger partial charge is 0.137 e. The van der Waals surface area contributed by atoms with Gasteiger partial charge in [0.15, 0.2) is 0 Å². The molecule has 0 aliphatic rings. The Morgan fingerprint density at radius 1 is 1.00 bits per heavy atom. The van der Waals surface area contributed by atoms with E-state index < -0.39 is 6.10 Å². The summed E-state index contributed by atoms with van der Waals surface area (Å²) in [6.07, 6.45) is 0.963. The van der Waals surface area contributed by atoms with E-state index in [0.717, 1.165) is 23.0 Å². The van der Waals surface area contributed by atoms with Crippen LogP contribution in [0.3, 0.4) is 0 Å². The van der Waals surface area contributed by atoms with Crippen LogP contribution in [0.1, 0.15) is 35.0 Å². The first kappa shape index (κ1) is 13.9. The second kappa shape index (κ2) is 5.74. The third-order valence-electron chi connectivity index (χ3n) is 4.04. The number of furan rings is 1. The molecule has 0 saturated heterocycles. The van der Waals surface area contributed by atoms with E-state index in [0.29, 0.717) is 12.2 Å². The first-order valence-corrected chi connectivity index (χ1v) is 7.37. The van der Waals surface area contributed by atoms with Gasteiger partial charge in [-0.05, 0) is 49.4 Å². The Labute approximate surface area is 125 Å². The fourth-order valence-corrected chi connectivity index (χ4v) is 2.72. The predicted octanol–water partition coefficient (Wildman–Crippen LogP) is 4.72. The standard InChI is InChI=1S/C19H20O2/c1-13-6-3-4-8-15(13)10-11-17(20)18-12-16-9-5-7-14(2)19(16)21-18/h3-9,12,17,20H,10-11H2,1-2H3. The van der Waals surface area contributed by atoms with Crippen LogP contribution in [0.2, 0.25) is 0 Å². The minimum absolute atomic E-state index is 0.559. The molecule has 3 aromatic rings. The lowest BCUT2D eigenvalue weighted by molar-refractivity contribution is 0.143. The first-order chi connectivity index (χ1) is 10.1. The zero-order chi connectivity index (χ0) is 14.8. The maximum Gasteiger partial charge on any atom is 0.137 e. The Hall–Kier alpha value is -2.06. The molecule has 0 fully saturated rings. The van der Waals surface area contributed by atoms with E-state index in [9.17, 15) is 5.11 Å². The Bertz CT molecular complexity index is 755. The molecule has 0 spiro atoms. The van der Waals surface area contributed by atoms with Crippen molar-refractivity contribution in [1.29, 1.82) is 0 Å². The van der Waals surface area contributed by atoms with E-state index >= 15 is 0 Å². The monoisotopic (exact) mass is 280 g/mol. The highest BCUT2D eigenvalue weighted by Crippen LogP contribution is 2.28. The molecule has 1 heterocycles. The van der Waals surface area contributed by atoms with Crippen molar-refractivity contribution in [2.24, 2.45) is 0 Å². The number of hydrogen-bond donors (Lipinski definition) is 1. The second-order valence-corrected chi connectivity index (χ2v) is 5.62. The van der Waals surface area contributed by atoms with Crippen molar-refractivity contribution in [3.05, 3.63) is 71.0 Å². The van der Waals surface area contributed by atoms with Crippen molar-refractivity contribution in [3.63, 3.8) is 0 Å². The Balaban J connectivity index is 1.76. The van der Waals surface area contributed by atoms with Crippen molar-refractivity contribution in [2.45, 2.75) is 32.8 Å². The van der Waals surface area contributed by atoms with Gasteiger partial charge in [-0.3, -0.25) is 0 Å². The summed E-state index contributed by atoms with van der Waals surface area (Å²) in [7, 11) is 0. The predicted molar refractivity (Wildman–Crippen MR) is 85.4 cm³/mol.